The second kappa shape index (κ2) is 8.10. The van der Waals surface area contributed by atoms with Gasteiger partial charge in [-0.1, -0.05) is 0 Å². The van der Waals surface area contributed by atoms with Gasteiger partial charge < -0.3 is 50.2 Å². The summed E-state index contributed by atoms with van der Waals surface area (Å²) in [7, 11) is 0. The standard InChI is InChI=1S/C14H23NO11/c1-3-6(17)10(5(13(23)24-3)15-4(2)16)25-14-9(20)7(18)8(19)11(26-14)12(21)22/h3,5-11,13-14,17-20,23H,1-2H3,(H,15,16)(H,21,22)/t3-,5-,6-,7+,8-,9-,10-,11+,13-,14-/m1/s1. The van der Waals surface area contributed by atoms with Gasteiger partial charge in [-0.3, -0.25) is 4.79 Å². The number of carbonyl (C=O) groups is 2. The van der Waals surface area contributed by atoms with Gasteiger partial charge in [-0.15, -0.1) is 0 Å². The van der Waals surface area contributed by atoms with E-state index in [0.717, 1.165) is 6.92 Å². The molecule has 12 nitrogen and oxygen atoms in total. The zero-order valence-electron chi connectivity index (χ0n) is 14.0. The number of aliphatic carboxylic acids is 1. The molecule has 12 heteroatoms. The topological polar surface area (TPSA) is 195 Å². The summed E-state index contributed by atoms with van der Waals surface area (Å²) in [6.07, 6.45) is -14.5. The molecule has 26 heavy (non-hydrogen) atoms. The fourth-order valence-corrected chi connectivity index (χ4v) is 2.90. The Kier molecular flexibility index (Phi) is 6.52. The molecule has 0 saturated carbocycles. The SMILES string of the molecule is CC(=O)N[C@@H]1[C@@H](O[C@@H]2O[C@H](C(=O)O)[C@H](O)[C@H](O)[C@H]2O)[C@H](O)[C@@H](C)O[C@H]1O. The minimum atomic E-state index is -1.90. The van der Waals surface area contributed by atoms with Crippen molar-refractivity contribution in [3.8, 4) is 0 Å². The molecule has 2 aliphatic heterocycles. The van der Waals surface area contributed by atoms with Crippen LogP contribution in [0.15, 0.2) is 0 Å². The highest BCUT2D eigenvalue weighted by molar-refractivity contribution is 5.73. The van der Waals surface area contributed by atoms with Gasteiger partial charge in [0.2, 0.25) is 5.91 Å². The Hall–Kier alpha value is -1.38. The van der Waals surface area contributed by atoms with Gasteiger partial charge in [0.25, 0.3) is 0 Å². The van der Waals surface area contributed by atoms with E-state index in [4.69, 9.17) is 19.3 Å². The number of hydrogen-bond donors (Lipinski definition) is 7. The summed E-state index contributed by atoms with van der Waals surface area (Å²) in [5.41, 5.74) is 0. The van der Waals surface area contributed by atoms with E-state index in [2.05, 4.69) is 5.32 Å². The summed E-state index contributed by atoms with van der Waals surface area (Å²) in [6, 6.07) is -1.26. The van der Waals surface area contributed by atoms with Crippen LogP contribution in [0.25, 0.3) is 0 Å². The van der Waals surface area contributed by atoms with Crippen molar-refractivity contribution in [3.63, 3.8) is 0 Å². The average molecular weight is 381 g/mol. The maximum atomic E-state index is 11.3. The number of amides is 1. The van der Waals surface area contributed by atoms with Gasteiger partial charge in [0.05, 0.1) is 6.10 Å². The first-order chi connectivity index (χ1) is 12.0. The second-order valence-corrected chi connectivity index (χ2v) is 6.28. The van der Waals surface area contributed by atoms with E-state index >= 15 is 0 Å². The van der Waals surface area contributed by atoms with Crippen LogP contribution in [-0.2, 0) is 23.8 Å². The number of carboxylic acids is 1. The highest BCUT2D eigenvalue weighted by Gasteiger charge is 2.51. The summed E-state index contributed by atoms with van der Waals surface area (Å²) in [4.78, 5) is 22.5. The Balaban J connectivity index is 2.23. The molecule has 2 rings (SSSR count). The molecule has 150 valence electrons. The van der Waals surface area contributed by atoms with E-state index in [1.807, 2.05) is 0 Å². The van der Waals surface area contributed by atoms with E-state index in [0.29, 0.717) is 0 Å². The zero-order valence-corrected chi connectivity index (χ0v) is 14.0. The molecular formula is C14H23NO11. The summed E-state index contributed by atoms with van der Waals surface area (Å²) in [6.45, 7) is 2.58. The van der Waals surface area contributed by atoms with Crippen LogP contribution in [0.4, 0.5) is 0 Å². The Labute approximate surface area is 147 Å². The molecule has 7 N–H and O–H groups in total. The molecule has 1 amide bonds. The lowest BCUT2D eigenvalue weighted by Crippen LogP contribution is -2.67. The summed E-state index contributed by atoms with van der Waals surface area (Å²) in [5, 5.41) is 61.1. The van der Waals surface area contributed by atoms with Crippen LogP contribution < -0.4 is 5.32 Å². The fraction of sp³-hybridized carbons (Fsp3) is 0.857. The number of aliphatic hydroxyl groups excluding tert-OH is 5. The molecule has 0 unspecified atom stereocenters. The summed E-state index contributed by atoms with van der Waals surface area (Å²) < 4.78 is 15.5. The Bertz CT molecular complexity index is 531. The van der Waals surface area contributed by atoms with Crippen LogP contribution in [-0.4, -0.2) is 104 Å². The van der Waals surface area contributed by atoms with Crippen molar-refractivity contribution in [3.05, 3.63) is 0 Å². The van der Waals surface area contributed by atoms with Crippen molar-refractivity contribution in [2.24, 2.45) is 0 Å². The van der Waals surface area contributed by atoms with Crippen LogP contribution in [0, 0.1) is 0 Å². The highest BCUT2D eigenvalue weighted by Crippen LogP contribution is 2.28. The number of hydrogen-bond acceptors (Lipinski definition) is 10. The molecule has 0 aromatic heterocycles. The molecule has 2 heterocycles. The van der Waals surface area contributed by atoms with Crippen molar-refractivity contribution in [2.75, 3.05) is 0 Å². The van der Waals surface area contributed by atoms with Gasteiger partial charge in [-0.2, -0.15) is 0 Å². The molecule has 0 aliphatic carbocycles. The number of rotatable bonds is 4. The normalized spacial score (nSPS) is 46.6. The van der Waals surface area contributed by atoms with Gasteiger partial charge in [0.1, 0.15) is 36.6 Å². The number of nitrogens with one attached hydrogen (secondary N) is 1. The molecule has 2 fully saturated rings. The Morgan fingerprint density at radius 1 is 0.962 bits per heavy atom. The lowest BCUT2D eigenvalue weighted by molar-refractivity contribution is -0.334. The largest absolute Gasteiger partial charge is 0.479 e. The van der Waals surface area contributed by atoms with Gasteiger partial charge in [-0.05, 0) is 6.92 Å². The van der Waals surface area contributed by atoms with E-state index in [-0.39, 0.29) is 0 Å². The summed E-state index contributed by atoms with van der Waals surface area (Å²) in [5.74, 6) is -2.17. The van der Waals surface area contributed by atoms with Crippen molar-refractivity contribution in [1.82, 2.24) is 5.32 Å². The second-order valence-electron chi connectivity index (χ2n) is 6.28. The molecule has 0 spiro atoms. The molecule has 2 saturated heterocycles. The predicted octanol–water partition coefficient (Wildman–Crippen LogP) is -4.13. The number of carbonyl (C=O) groups excluding carboxylic acids is 1. The van der Waals surface area contributed by atoms with E-state index in [1.54, 1.807) is 0 Å². The third kappa shape index (κ3) is 4.13. The Morgan fingerprint density at radius 3 is 2.12 bits per heavy atom. The quantitative estimate of drug-likeness (QED) is 0.250. The van der Waals surface area contributed by atoms with E-state index in [1.165, 1.54) is 6.92 Å². The molecule has 0 aromatic rings. The minimum absolute atomic E-state index is 0.572. The third-order valence-electron chi connectivity index (χ3n) is 4.31. The van der Waals surface area contributed by atoms with E-state index < -0.39 is 73.2 Å². The predicted molar refractivity (Wildman–Crippen MR) is 79.4 cm³/mol. The number of carboxylic acid groups (broad SMARTS) is 1. The van der Waals surface area contributed by atoms with Crippen LogP contribution in [0.5, 0.6) is 0 Å². The zero-order chi connectivity index (χ0) is 19.8. The number of aliphatic hydroxyl groups is 5. The first kappa shape index (κ1) is 20.9. The smallest absolute Gasteiger partial charge is 0.335 e. The van der Waals surface area contributed by atoms with Gasteiger partial charge >= 0.3 is 5.97 Å². The van der Waals surface area contributed by atoms with Crippen molar-refractivity contribution in [1.29, 1.82) is 0 Å². The fourth-order valence-electron chi connectivity index (χ4n) is 2.90. The first-order valence-electron chi connectivity index (χ1n) is 7.91. The molecule has 2 aliphatic rings. The van der Waals surface area contributed by atoms with Crippen molar-refractivity contribution >= 4 is 11.9 Å². The molecule has 0 aromatic carbocycles. The first-order valence-corrected chi connectivity index (χ1v) is 7.91. The minimum Gasteiger partial charge on any atom is -0.479 e. The van der Waals surface area contributed by atoms with E-state index in [9.17, 15) is 35.1 Å². The van der Waals surface area contributed by atoms with Crippen LogP contribution in [0.2, 0.25) is 0 Å². The van der Waals surface area contributed by atoms with Crippen LogP contribution >= 0.6 is 0 Å². The average Bonchev–Trinajstić information content (AvgIpc) is 2.55. The van der Waals surface area contributed by atoms with Crippen LogP contribution in [0.3, 0.4) is 0 Å². The van der Waals surface area contributed by atoms with Gasteiger partial charge in [0, 0.05) is 6.92 Å². The molecule has 0 bridgehead atoms. The third-order valence-corrected chi connectivity index (χ3v) is 4.31. The lowest BCUT2D eigenvalue weighted by Gasteiger charge is -2.45. The monoisotopic (exact) mass is 381 g/mol. The maximum Gasteiger partial charge on any atom is 0.335 e. The van der Waals surface area contributed by atoms with Crippen molar-refractivity contribution < 1.29 is 54.4 Å². The highest BCUT2D eigenvalue weighted by atomic mass is 16.7. The van der Waals surface area contributed by atoms with Crippen LogP contribution in [0.1, 0.15) is 13.8 Å². The van der Waals surface area contributed by atoms with Gasteiger partial charge in [-0.25, -0.2) is 4.79 Å². The number of ether oxygens (including phenoxy) is 3. The Morgan fingerprint density at radius 2 is 1.58 bits per heavy atom. The van der Waals surface area contributed by atoms with Crippen molar-refractivity contribution in [2.45, 2.75) is 75.2 Å². The van der Waals surface area contributed by atoms with Gasteiger partial charge in [0.15, 0.2) is 18.7 Å². The molecular weight excluding hydrogens is 358 g/mol. The molecule has 10 atom stereocenters. The lowest BCUT2D eigenvalue weighted by atomic mass is 9.96. The molecule has 0 radical (unpaired) electrons. The maximum absolute atomic E-state index is 11.3. The summed E-state index contributed by atoms with van der Waals surface area (Å²) >= 11 is 0.